The van der Waals surface area contributed by atoms with Crippen molar-refractivity contribution in [2.24, 2.45) is 0 Å². The summed E-state index contributed by atoms with van der Waals surface area (Å²) in [6.07, 6.45) is 2.38. The summed E-state index contributed by atoms with van der Waals surface area (Å²) in [6, 6.07) is 4.91. The molecule has 0 saturated heterocycles. The molecule has 0 N–H and O–H groups in total. The van der Waals surface area contributed by atoms with E-state index >= 15 is 0 Å². The molecule has 76 valence electrons. The van der Waals surface area contributed by atoms with Gasteiger partial charge in [-0.15, -0.1) is 0 Å². The van der Waals surface area contributed by atoms with Gasteiger partial charge >= 0.3 is 0 Å². The predicted octanol–water partition coefficient (Wildman–Crippen LogP) is 2.55. The highest BCUT2D eigenvalue weighted by atomic mass is 15.2. The first-order chi connectivity index (χ1) is 6.68. The Morgan fingerprint density at radius 2 is 2.14 bits per heavy atom. The number of pyridine rings is 1. The predicted molar refractivity (Wildman–Crippen MR) is 59.8 cm³/mol. The first kappa shape index (κ1) is 9.50. The van der Waals surface area contributed by atoms with Crippen molar-refractivity contribution >= 4 is 5.69 Å². The van der Waals surface area contributed by atoms with E-state index in [0.717, 1.165) is 12.1 Å². The van der Waals surface area contributed by atoms with Crippen LogP contribution in [0.2, 0.25) is 0 Å². The number of hydrogen-bond donors (Lipinski definition) is 0. The molecule has 0 aromatic carbocycles. The van der Waals surface area contributed by atoms with Gasteiger partial charge in [-0.05, 0) is 45.7 Å². The summed E-state index contributed by atoms with van der Waals surface area (Å²) in [5, 5.41) is 0. The summed E-state index contributed by atoms with van der Waals surface area (Å²) in [4.78, 5) is 7.05. The van der Waals surface area contributed by atoms with Gasteiger partial charge in [0.1, 0.15) is 0 Å². The number of nitrogens with zero attached hydrogens (tertiary/aromatic N) is 2. The van der Waals surface area contributed by atoms with Crippen LogP contribution in [0.1, 0.15) is 31.7 Å². The molecule has 2 nitrogen and oxygen atoms in total. The number of rotatable bonds is 1. The number of anilines is 1. The van der Waals surface area contributed by atoms with Crippen molar-refractivity contribution in [3.05, 3.63) is 23.5 Å². The fourth-order valence-electron chi connectivity index (χ4n) is 2.12. The normalized spacial score (nSPS) is 15.9. The van der Waals surface area contributed by atoms with Gasteiger partial charge in [0.25, 0.3) is 0 Å². The molecule has 14 heavy (non-hydrogen) atoms. The SMILES string of the molecule is Cc1ccc2c(n1)CCCN2C(C)C. The van der Waals surface area contributed by atoms with Crippen LogP contribution >= 0.6 is 0 Å². The third-order valence-electron chi connectivity index (χ3n) is 2.83. The molecule has 0 atom stereocenters. The molecule has 0 unspecified atom stereocenters. The van der Waals surface area contributed by atoms with Crippen LogP contribution in [0.4, 0.5) is 5.69 Å². The molecule has 1 aromatic heterocycles. The Labute approximate surface area is 86.0 Å². The first-order valence-electron chi connectivity index (χ1n) is 5.41. The van der Waals surface area contributed by atoms with Gasteiger partial charge in [0.05, 0.1) is 11.4 Å². The summed E-state index contributed by atoms with van der Waals surface area (Å²) in [7, 11) is 0. The third kappa shape index (κ3) is 1.61. The minimum Gasteiger partial charge on any atom is -0.368 e. The summed E-state index contributed by atoms with van der Waals surface area (Å²) in [6.45, 7) is 7.73. The zero-order valence-corrected chi connectivity index (χ0v) is 9.25. The average Bonchev–Trinajstić information content (AvgIpc) is 2.16. The van der Waals surface area contributed by atoms with Crippen LogP contribution in [0.25, 0.3) is 0 Å². The second-order valence-corrected chi connectivity index (χ2v) is 4.31. The van der Waals surface area contributed by atoms with Gasteiger partial charge in [-0.25, -0.2) is 0 Å². The highest BCUT2D eigenvalue weighted by molar-refractivity contribution is 5.53. The van der Waals surface area contributed by atoms with E-state index in [9.17, 15) is 0 Å². The second kappa shape index (κ2) is 3.60. The van der Waals surface area contributed by atoms with Crippen LogP contribution in [0.5, 0.6) is 0 Å². The highest BCUT2D eigenvalue weighted by Gasteiger charge is 2.19. The summed E-state index contributed by atoms with van der Waals surface area (Å²) >= 11 is 0. The Morgan fingerprint density at radius 1 is 1.36 bits per heavy atom. The van der Waals surface area contributed by atoms with Crippen LogP contribution in [0.15, 0.2) is 12.1 Å². The monoisotopic (exact) mass is 190 g/mol. The van der Waals surface area contributed by atoms with E-state index in [2.05, 4.69) is 42.8 Å². The lowest BCUT2D eigenvalue weighted by Gasteiger charge is -2.34. The van der Waals surface area contributed by atoms with Crippen LogP contribution in [-0.4, -0.2) is 17.6 Å². The lowest BCUT2D eigenvalue weighted by Crippen LogP contribution is -2.35. The van der Waals surface area contributed by atoms with Crippen LogP contribution in [0, 0.1) is 6.92 Å². The Kier molecular flexibility index (Phi) is 2.44. The largest absolute Gasteiger partial charge is 0.368 e. The number of hydrogen-bond acceptors (Lipinski definition) is 2. The summed E-state index contributed by atoms with van der Waals surface area (Å²) in [5.41, 5.74) is 3.76. The van der Waals surface area contributed by atoms with Crippen molar-refractivity contribution in [3.63, 3.8) is 0 Å². The molecule has 2 heteroatoms. The Hall–Kier alpha value is -1.05. The summed E-state index contributed by atoms with van der Waals surface area (Å²) in [5.74, 6) is 0. The molecule has 1 aromatic rings. The van der Waals surface area contributed by atoms with Gasteiger partial charge in [0.15, 0.2) is 0 Å². The van der Waals surface area contributed by atoms with Gasteiger partial charge in [-0.1, -0.05) is 0 Å². The molecular weight excluding hydrogens is 172 g/mol. The maximum Gasteiger partial charge on any atom is 0.0640 e. The van der Waals surface area contributed by atoms with Gasteiger partial charge in [-0.2, -0.15) is 0 Å². The van der Waals surface area contributed by atoms with Crippen molar-refractivity contribution < 1.29 is 0 Å². The van der Waals surface area contributed by atoms with Crippen molar-refractivity contribution in [1.29, 1.82) is 0 Å². The zero-order valence-electron chi connectivity index (χ0n) is 9.25. The van der Waals surface area contributed by atoms with E-state index in [0.29, 0.717) is 6.04 Å². The molecular formula is C12H18N2. The molecule has 1 aliphatic rings. The first-order valence-corrected chi connectivity index (χ1v) is 5.41. The van der Waals surface area contributed by atoms with Crippen LogP contribution in [0.3, 0.4) is 0 Å². The van der Waals surface area contributed by atoms with Crippen molar-refractivity contribution in [2.75, 3.05) is 11.4 Å². The lowest BCUT2D eigenvalue weighted by atomic mass is 10.1. The van der Waals surface area contributed by atoms with Gasteiger partial charge in [-0.3, -0.25) is 4.98 Å². The maximum absolute atomic E-state index is 4.60. The third-order valence-corrected chi connectivity index (χ3v) is 2.83. The van der Waals surface area contributed by atoms with Crippen molar-refractivity contribution in [3.8, 4) is 0 Å². The highest BCUT2D eigenvalue weighted by Crippen LogP contribution is 2.27. The maximum atomic E-state index is 4.60. The van der Waals surface area contributed by atoms with Gasteiger partial charge in [0.2, 0.25) is 0 Å². The van der Waals surface area contributed by atoms with E-state index in [1.165, 1.54) is 24.3 Å². The molecule has 0 bridgehead atoms. The topological polar surface area (TPSA) is 16.1 Å². The molecule has 0 amide bonds. The van der Waals surface area contributed by atoms with Crippen LogP contribution in [-0.2, 0) is 6.42 Å². The molecule has 0 saturated carbocycles. The fraction of sp³-hybridized carbons (Fsp3) is 0.583. The quantitative estimate of drug-likeness (QED) is 0.676. The Morgan fingerprint density at radius 3 is 2.86 bits per heavy atom. The van der Waals surface area contributed by atoms with E-state index in [4.69, 9.17) is 0 Å². The molecule has 2 heterocycles. The smallest absolute Gasteiger partial charge is 0.0640 e. The minimum absolute atomic E-state index is 0.582. The average molecular weight is 190 g/mol. The Balaban J connectivity index is 2.40. The lowest BCUT2D eigenvalue weighted by molar-refractivity contribution is 0.616. The van der Waals surface area contributed by atoms with Crippen LogP contribution < -0.4 is 4.90 Å². The van der Waals surface area contributed by atoms with Crippen molar-refractivity contribution in [1.82, 2.24) is 4.98 Å². The second-order valence-electron chi connectivity index (χ2n) is 4.31. The van der Waals surface area contributed by atoms with E-state index < -0.39 is 0 Å². The molecule has 0 aliphatic carbocycles. The molecule has 2 rings (SSSR count). The summed E-state index contributed by atoms with van der Waals surface area (Å²) < 4.78 is 0. The molecule has 0 fully saturated rings. The number of fused-ring (bicyclic) bond motifs is 1. The van der Waals surface area contributed by atoms with Crippen molar-refractivity contribution in [2.45, 2.75) is 39.7 Å². The van der Waals surface area contributed by atoms with Gasteiger partial charge < -0.3 is 4.90 Å². The number of aromatic nitrogens is 1. The standard InChI is InChI=1S/C12H18N2/c1-9(2)14-8-4-5-11-12(14)7-6-10(3)13-11/h6-7,9H,4-5,8H2,1-3H3. The van der Waals surface area contributed by atoms with E-state index in [1.54, 1.807) is 0 Å². The van der Waals surface area contributed by atoms with E-state index in [-0.39, 0.29) is 0 Å². The zero-order chi connectivity index (χ0) is 10.1. The Bertz CT molecular complexity index is 331. The molecule has 0 radical (unpaired) electrons. The van der Waals surface area contributed by atoms with E-state index in [1.807, 2.05) is 0 Å². The van der Waals surface area contributed by atoms with Gasteiger partial charge in [0, 0.05) is 18.3 Å². The number of aryl methyl sites for hydroxylation is 2. The fourth-order valence-corrected chi connectivity index (χ4v) is 2.12. The molecule has 0 spiro atoms. The molecule has 1 aliphatic heterocycles. The minimum atomic E-state index is 0.582.